The molecule has 0 heterocycles. The second-order valence-corrected chi connectivity index (χ2v) is 6.79. The van der Waals surface area contributed by atoms with E-state index in [0.29, 0.717) is 12.3 Å². The van der Waals surface area contributed by atoms with E-state index in [2.05, 4.69) is 37.3 Å². The van der Waals surface area contributed by atoms with Gasteiger partial charge in [0.2, 0.25) is 0 Å². The number of rotatable bonds is 8. The summed E-state index contributed by atoms with van der Waals surface area (Å²) in [4.78, 5) is 0. The van der Waals surface area contributed by atoms with Crippen molar-refractivity contribution in [1.29, 1.82) is 0 Å². The number of benzene rings is 1. The maximum Gasteiger partial charge on any atom is 0.0928 e. The van der Waals surface area contributed by atoms with Crippen molar-refractivity contribution in [2.75, 3.05) is 6.67 Å². The fourth-order valence-corrected chi connectivity index (χ4v) is 3.55. The summed E-state index contributed by atoms with van der Waals surface area (Å²) in [6, 6.07) is 9.23. The normalized spacial score (nSPS) is 22.3. The average Bonchev–Trinajstić information content (AvgIpc) is 2.56. The molecule has 1 fully saturated rings. The van der Waals surface area contributed by atoms with Crippen LogP contribution in [0.15, 0.2) is 36.4 Å². The number of hydrogen-bond donors (Lipinski definition) is 0. The first-order valence-electron chi connectivity index (χ1n) is 9.12. The Morgan fingerprint density at radius 3 is 2.23 bits per heavy atom. The van der Waals surface area contributed by atoms with E-state index in [1.165, 1.54) is 62.5 Å². The van der Waals surface area contributed by atoms with E-state index < -0.39 is 0 Å². The van der Waals surface area contributed by atoms with E-state index in [0.717, 1.165) is 5.92 Å². The average molecular weight is 302 g/mol. The lowest BCUT2D eigenvalue weighted by molar-refractivity contribution is 0.296. The zero-order valence-corrected chi connectivity index (χ0v) is 14.1. The first kappa shape index (κ1) is 17.2. The van der Waals surface area contributed by atoms with Gasteiger partial charge in [0.05, 0.1) is 6.67 Å². The van der Waals surface area contributed by atoms with Crippen molar-refractivity contribution >= 4 is 0 Å². The van der Waals surface area contributed by atoms with E-state index in [9.17, 15) is 4.39 Å². The summed E-state index contributed by atoms with van der Waals surface area (Å²) in [7, 11) is 0. The van der Waals surface area contributed by atoms with Crippen molar-refractivity contribution in [3.8, 4) is 0 Å². The van der Waals surface area contributed by atoms with Crippen molar-refractivity contribution in [2.24, 2.45) is 11.8 Å². The lowest BCUT2D eigenvalue weighted by atomic mass is 9.79. The second kappa shape index (κ2) is 9.82. The minimum absolute atomic E-state index is 0.219. The Hall–Kier alpha value is -1.11. The van der Waals surface area contributed by atoms with Gasteiger partial charge in [0, 0.05) is 0 Å². The van der Waals surface area contributed by atoms with Crippen LogP contribution < -0.4 is 0 Å². The van der Waals surface area contributed by atoms with Crippen LogP contribution >= 0.6 is 0 Å². The van der Waals surface area contributed by atoms with E-state index in [1.807, 2.05) is 6.08 Å². The van der Waals surface area contributed by atoms with Crippen molar-refractivity contribution < 1.29 is 4.39 Å². The van der Waals surface area contributed by atoms with Crippen LogP contribution in [0.5, 0.6) is 0 Å². The van der Waals surface area contributed by atoms with Crippen LogP contribution in [0.1, 0.15) is 63.0 Å². The monoisotopic (exact) mass is 302 g/mol. The SMILES string of the molecule is CCCc1ccc(CC[C@H]2CC[C@H](C=CCCF)CC2)cc1. The molecule has 0 nitrogen and oxygen atoms in total. The fraction of sp³-hybridized carbons (Fsp3) is 0.619. The molecule has 0 amide bonds. The molecule has 0 spiro atoms. The highest BCUT2D eigenvalue weighted by molar-refractivity contribution is 5.22. The molecule has 0 aliphatic heterocycles. The van der Waals surface area contributed by atoms with Gasteiger partial charge in [-0.3, -0.25) is 4.39 Å². The number of allylic oxidation sites excluding steroid dienone is 2. The Morgan fingerprint density at radius 2 is 1.64 bits per heavy atom. The highest BCUT2D eigenvalue weighted by atomic mass is 19.1. The van der Waals surface area contributed by atoms with Crippen LogP contribution in [0.25, 0.3) is 0 Å². The van der Waals surface area contributed by atoms with E-state index in [4.69, 9.17) is 0 Å². The molecule has 1 aromatic rings. The van der Waals surface area contributed by atoms with Crippen molar-refractivity contribution in [2.45, 2.75) is 64.7 Å². The molecule has 0 unspecified atom stereocenters. The molecule has 0 radical (unpaired) electrons. The van der Waals surface area contributed by atoms with Gasteiger partial charge >= 0.3 is 0 Å². The molecular formula is C21H31F. The largest absolute Gasteiger partial charge is 0.251 e. The number of halogens is 1. The third-order valence-corrected chi connectivity index (χ3v) is 4.98. The van der Waals surface area contributed by atoms with Crippen LogP contribution in [0.2, 0.25) is 0 Å². The van der Waals surface area contributed by atoms with Gasteiger partial charge in [-0.2, -0.15) is 0 Å². The van der Waals surface area contributed by atoms with Crippen LogP contribution in [0, 0.1) is 11.8 Å². The van der Waals surface area contributed by atoms with Gasteiger partial charge in [-0.15, -0.1) is 0 Å². The highest BCUT2D eigenvalue weighted by Gasteiger charge is 2.19. The van der Waals surface area contributed by atoms with E-state index >= 15 is 0 Å². The van der Waals surface area contributed by atoms with Gasteiger partial charge in [0.25, 0.3) is 0 Å². The molecule has 0 aromatic heterocycles. The first-order valence-corrected chi connectivity index (χ1v) is 9.12. The molecule has 2 rings (SSSR count). The lowest BCUT2D eigenvalue weighted by Gasteiger charge is -2.26. The maximum atomic E-state index is 12.1. The molecule has 22 heavy (non-hydrogen) atoms. The molecule has 1 heteroatoms. The molecule has 0 atom stereocenters. The fourth-order valence-electron chi connectivity index (χ4n) is 3.55. The Bertz CT molecular complexity index is 424. The van der Waals surface area contributed by atoms with Crippen molar-refractivity contribution in [3.05, 3.63) is 47.5 Å². The summed E-state index contributed by atoms with van der Waals surface area (Å²) in [5, 5.41) is 0. The zero-order chi connectivity index (χ0) is 15.6. The van der Waals surface area contributed by atoms with Gasteiger partial charge in [-0.1, -0.05) is 49.8 Å². The summed E-state index contributed by atoms with van der Waals surface area (Å²) in [5.74, 6) is 1.59. The van der Waals surface area contributed by atoms with Crippen molar-refractivity contribution in [1.82, 2.24) is 0 Å². The van der Waals surface area contributed by atoms with Gasteiger partial charge in [0.1, 0.15) is 0 Å². The lowest BCUT2D eigenvalue weighted by Crippen LogP contribution is -2.13. The van der Waals surface area contributed by atoms with Gasteiger partial charge in [0.15, 0.2) is 0 Å². The highest BCUT2D eigenvalue weighted by Crippen LogP contribution is 2.32. The Morgan fingerprint density at radius 1 is 1.00 bits per heavy atom. The smallest absolute Gasteiger partial charge is 0.0928 e. The maximum absolute atomic E-state index is 12.1. The Kier molecular flexibility index (Phi) is 7.70. The Labute approximate surface area is 135 Å². The third-order valence-electron chi connectivity index (χ3n) is 4.98. The summed E-state index contributed by atoms with van der Waals surface area (Å²) in [5.41, 5.74) is 2.96. The quantitative estimate of drug-likeness (QED) is 0.495. The minimum Gasteiger partial charge on any atom is -0.251 e. The topological polar surface area (TPSA) is 0 Å². The predicted molar refractivity (Wildman–Crippen MR) is 93.9 cm³/mol. The van der Waals surface area contributed by atoms with Gasteiger partial charge in [-0.05, 0) is 74.3 Å². The van der Waals surface area contributed by atoms with Crippen molar-refractivity contribution in [3.63, 3.8) is 0 Å². The zero-order valence-electron chi connectivity index (χ0n) is 14.1. The molecule has 0 N–H and O–H groups in total. The Balaban J connectivity index is 1.68. The molecule has 1 aromatic carbocycles. The van der Waals surface area contributed by atoms with Gasteiger partial charge in [-0.25, -0.2) is 0 Å². The number of alkyl halides is 1. The molecule has 0 saturated heterocycles. The molecule has 1 aliphatic rings. The molecule has 122 valence electrons. The summed E-state index contributed by atoms with van der Waals surface area (Å²) < 4.78 is 12.1. The molecular weight excluding hydrogens is 271 g/mol. The van der Waals surface area contributed by atoms with E-state index in [-0.39, 0.29) is 6.67 Å². The minimum atomic E-state index is -0.219. The number of hydrogen-bond acceptors (Lipinski definition) is 0. The van der Waals surface area contributed by atoms with E-state index in [1.54, 1.807) is 0 Å². The van der Waals surface area contributed by atoms with Crippen LogP contribution in [-0.4, -0.2) is 6.67 Å². The van der Waals surface area contributed by atoms with Crippen LogP contribution in [0.4, 0.5) is 4.39 Å². The molecule has 1 saturated carbocycles. The second-order valence-electron chi connectivity index (χ2n) is 6.79. The summed E-state index contributed by atoms with van der Waals surface area (Å²) in [6.45, 7) is 2.01. The van der Waals surface area contributed by atoms with Crippen LogP contribution in [-0.2, 0) is 12.8 Å². The summed E-state index contributed by atoms with van der Waals surface area (Å²) in [6.07, 6.45) is 15.1. The number of aryl methyl sites for hydroxylation is 2. The molecule has 0 bridgehead atoms. The first-order chi connectivity index (χ1) is 10.8. The molecule has 1 aliphatic carbocycles. The third kappa shape index (κ3) is 5.94. The van der Waals surface area contributed by atoms with Gasteiger partial charge < -0.3 is 0 Å². The summed E-state index contributed by atoms with van der Waals surface area (Å²) >= 11 is 0. The van der Waals surface area contributed by atoms with Crippen LogP contribution in [0.3, 0.4) is 0 Å². The standard InChI is InChI=1S/C21H31F/c1-2-5-18-7-11-20(12-8-18)15-16-21-13-9-19(10-14-21)6-3-4-17-22/h3,6-8,11-12,19,21H,2,4-5,9-10,13-17H2,1H3/t19-,21-. The predicted octanol–water partition coefficient (Wildman–Crippen LogP) is 6.29.